The maximum Gasteiger partial charge on any atom is 0.0897 e. The zero-order valence-electron chi connectivity index (χ0n) is 9.83. The molecule has 0 saturated carbocycles. The molecule has 16 heavy (non-hydrogen) atoms. The Morgan fingerprint density at radius 1 is 1.19 bits per heavy atom. The molecule has 0 saturated heterocycles. The monoisotopic (exact) mass is 252 g/mol. The van der Waals surface area contributed by atoms with Gasteiger partial charge in [-0.1, -0.05) is 0 Å². The molecule has 0 atom stereocenters. The van der Waals surface area contributed by atoms with E-state index in [2.05, 4.69) is 30.2 Å². The predicted molar refractivity (Wildman–Crippen MR) is 71.2 cm³/mol. The summed E-state index contributed by atoms with van der Waals surface area (Å²) in [7, 11) is 0. The molecule has 0 aliphatic heterocycles. The highest BCUT2D eigenvalue weighted by Crippen LogP contribution is 2.20. The van der Waals surface area contributed by atoms with Gasteiger partial charge in [-0.05, 0) is 32.4 Å². The van der Waals surface area contributed by atoms with Gasteiger partial charge in [0, 0.05) is 33.9 Å². The van der Waals surface area contributed by atoms with E-state index in [4.69, 9.17) is 0 Å². The molecule has 0 aliphatic carbocycles. The molecule has 4 heteroatoms. The van der Waals surface area contributed by atoms with Gasteiger partial charge in [-0.3, -0.25) is 0 Å². The average molecular weight is 252 g/mol. The van der Waals surface area contributed by atoms with E-state index in [9.17, 15) is 0 Å². The highest BCUT2D eigenvalue weighted by atomic mass is 32.1. The molecule has 0 spiro atoms. The Labute approximate surface area is 104 Å². The molecule has 86 valence electrons. The summed E-state index contributed by atoms with van der Waals surface area (Å²) in [5.41, 5.74) is 1.42. The van der Waals surface area contributed by atoms with Crippen molar-refractivity contribution in [3.8, 4) is 0 Å². The maximum absolute atomic E-state index is 4.24. The zero-order chi connectivity index (χ0) is 11.5. The minimum atomic E-state index is 0.917. The van der Waals surface area contributed by atoms with E-state index in [1.54, 1.807) is 11.3 Å². The van der Waals surface area contributed by atoms with Crippen molar-refractivity contribution in [2.24, 2.45) is 0 Å². The van der Waals surface area contributed by atoms with Gasteiger partial charge in [-0.2, -0.15) is 0 Å². The van der Waals surface area contributed by atoms with Gasteiger partial charge in [0.25, 0.3) is 0 Å². The number of thiazole rings is 1. The highest BCUT2D eigenvalue weighted by Gasteiger charge is 2.03. The van der Waals surface area contributed by atoms with Crippen molar-refractivity contribution >= 4 is 22.7 Å². The quantitative estimate of drug-likeness (QED) is 0.902. The van der Waals surface area contributed by atoms with Crippen LogP contribution in [0.3, 0.4) is 0 Å². The molecule has 2 aromatic rings. The fraction of sp³-hybridized carbons (Fsp3) is 0.417. The van der Waals surface area contributed by atoms with Gasteiger partial charge in [0.2, 0.25) is 0 Å². The third-order valence-electron chi connectivity index (χ3n) is 2.43. The van der Waals surface area contributed by atoms with Gasteiger partial charge in [0.1, 0.15) is 0 Å². The van der Waals surface area contributed by atoms with Crippen molar-refractivity contribution in [1.82, 2.24) is 10.3 Å². The first-order valence-corrected chi connectivity index (χ1v) is 6.96. The molecule has 1 N–H and O–H groups in total. The van der Waals surface area contributed by atoms with Crippen molar-refractivity contribution < 1.29 is 0 Å². The Morgan fingerprint density at radius 2 is 2.00 bits per heavy atom. The summed E-state index contributed by atoms with van der Waals surface area (Å²) in [6.07, 6.45) is 1.96. The molecule has 0 amide bonds. The molecule has 0 unspecified atom stereocenters. The summed E-state index contributed by atoms with van der Waals surface area (Å²) < 4.78 is 0. The van der Waals surface area contributed by atoms with E-state index in [-0.39, 0.29) is 0 Å². The number of thiophene rings is 1. The molecule has 0 radical (unpaired) electrons. The predicted octanol–water partition coefficient (Wildman–Crippen LogP) is 3.42. The van der Waals surface area contributed by atoms with E-state index >= 15 is 0 Å². The van der Waals surface area contributed by atoms with Crippen LogP contribution >= 0.6 is 22.7 Å². The topological polar surface area (TPSA) is 24.9 Å². The summed E-state index contributed by atoms with van der Waals surface area (Å²) in [6.45, 7) is 8.26. The largest absolute Gasteiger partial charge is 0.308 e. The molecular weight excluding hydrogens is 236 g/mol. The van der Waals surface area contributed by atoms with Crippen LogP contribution in [0.2, 0.25) is 0 Å². The molecule has 0 fully saturated rings. The summed E-state index contributed by atoms with van der Waals surface area (Å²) in [5.74, 6) is 0. The van der Waals surface area contributed by atoms with Gasteiger partial charge in [-0.15, -0.1) is 22.7 Å². The van der Waals surface area contributed by atoms with Crippen molar-refractivity contribution in [2.45, 2.75) is 33.9 Å². The summed E-state index contributed by atoms with van der Waals surface area (Å²) >= 11 is 3.63. The summed E-state index contributed by atoms with van der Waals surface area (Å²) in [6, 6.07) is 2.27. The van der Waals surface area contributed by atoms with Crippen LogP contribution in [-0.2, 0) is 13.1 Å². The molecule has 0 bridgehead atoms. The second-order valence-corrected chi connectivity index (χ2v) is 6.67. The van der Waals surface area contributed by atoms with E-state index in [1.165, 1.54) is 20.2 Å². The second kappa shape index (κ2) is 5.08. The number of nitrogens with one attached hydrogen (secondary N) is 1. The number of rotatable bonds is 4. The normalized spacial score (nSPS) is 10.9. The van der Waals surface area contributed by atoms with Crippen LogP contribution in [0.1, 0.15) is 25.2 Å². The molecule has 2 aromatic heterocycles. The van der Waals surface area contributed by atoms with Crippen LogP contribution in [0.25, 0.3) is 0 Å². The van der Waals surface area contributed by atoms with Crippen LogP contribution in [0.4, 0.5) is 0 Å². The lowest BCUT2D eigenvalue weighted by molar-refractivity contribution is 0.699. The number of hydrogen-bond acceptors (Lipinski definition) is 4. The average Bonchev–Trinajstić information content (AvgIpc) is 2.74. The Hall–Kier alpha value is -0.710. The lowest BCUT2D eigenvalue weighted by Gasteiger charge is -2.01. The standard InChI is InChI=1S/C12H16N2S2/c1-8-4-11(9(2)15-8)5-13-6-12-7-14-10(3)16-12/h4,7,13H,5-6H2,1-3H3. The summed E-state index contributed by atoms with van der Waals surface area (Å²) in [4.78, 5) is 8.37. The molecule has 0 aliphatic rings. The van der Waals surface area contributed by atoms with Gasteiger partial charge in [0.15, 0.2) is 0 Å². The van der Waals surface area contributed by atoms with Crippen molar-refractivity contribution in [3.63, 3.8) is 0 Å². The van der Waals surface area contributed by atoms with E-state index in [0.29, 0.717) is 0 Å². The lowest BCUT2D eigenvalue weighted by Crippen LogP contribution is -2.11. The number of aryl methyl sites for hydroxylation is 3. The third-order valence-corrected chi connectivity index (χ3v) is 4.35. The fourth-order valence-corrected chi connectivity index (χ4v) is 3.38. The van der Waals surface area contributed by atoms with Gasteiger partial charge in [0.05, 0.1) is 5.01 Å². The fourth-order valence-electron chi connectivity index (χ4n) is 1.67. The first-order valence-electron chi connectivity index (χ1n) is 5.33. The lowest BCUT2D eigenvalue weighted by atomic mass is 10.2. The molecule has 2 rings (SSSR count). The first-order chi connectivity index (χ1) is 7.65. The number of hydrogen-bond donors (Lipinski definition) is 1. The minimum Gasteiger partial charge on any atom is -0.308 e. The minimum absolute atomic E-state index is 0.917. The third kappa shape index (κ3) is 2.90. The van der Waals surface area contributed by atoms with Gasteiger partial charge >= 0.3 is 0 Å². The van der Waals surface area contributed by atoms with Crippen LogP contribution in [0.15, 0.2) is 12.3 Å². The van der Waals surface area contributed by atoms with Crippen LogP contribution < -0.4 is 5.32 Å². The van der Waals surface area contributed by atoms with Crippen LogP contribution in [-0.4, -0.2) is 4.98 Å². The molecule has 0 aromatic carbocycles. The number of nitrogens with zero attached hydrogens (tertiary/aromatic N) is 1. The molecule has 2 heterocycles. The highest BCUT2D eigenvalue weighted by molar-refractivity contribution is 7.12. The van der Waals surface area contributed by atoms with Crippen molar-refractivity contribution in [3.05, 3.63) is 37.5 Å². The van der Waals surface area contributed by atoms with E-state index in [1.807, 2.05) is 24.5 Å². The second-order valence-electron chi connectivity index (χ2n) is 3.89. The Kier molecular flexibility index (Phi) is 3.74. The molecule has 2 nitrogen and oxygen atoms in total. The SMILES string of the molecule is Cc1cc(CNCc2cnc(C)s2)c(C)s1. The van der Waals surface area contributed by atoms with Crippen LogP contribution in [0.5, 0.6) is 0 Å². The smallest absolute Gasteiger partial charge is 0.0897 e. The Morgan fingerprint density at radius 3 is 2.56 bits per heavy atom. The van der Waals surface area contributed by atoms with Crippen molar-refractivity contribution in [2.75, 3.05) is 0 Å². The Balaban J connectivity index is 1.86. The Bertz CT molecular complexity index is 471. The van der Waals surface area contributed by atoms with E-state index in [0.717, 1.165) is 18.1 Å². The van der Waals surface area contributed by atoms with Crippen molar-refractivity contribution in [1.29, 1.82) is 0 Å². The van der Waals surface area contributed by atoms with Gasteiger partial charge in [-0.25, -0.2) is 4.98 Å². The first kappa shape index (κ1) is 11.8. The van der Waals surface area contributed by atoms with Gasteiger partial charge < -0.3 is 5.32 Å². The van der Waals surface area contributed by atoms with Crippen LogP contribution in [0, 0.1) is 20.8 Å². The maximum atomic E-state index is 4.24. The molecular formula is C12H16N2S2. The van der Waals surface area contributed by atoms with E-state index < -0.39 is 0 Å². The zero-order valence-corrected chi connectivity index (χ0v) is 11.5. The number of aromatic nitrogens is 1. The summed E-state index contributed by atoms with van der Waals surface area (Å²) in [5, 5.41) is 4.60.